The van der Waals surface area contributed by atoms with Gasteiger partial charge in [0.25, 0.3) is 5.56 Å². The number of ether oxygens (including phenoxy) is 1. The van der Waals surface area contributed by atoms with Crippen LogP contribution in [0.4, 0.5) is 5.69 Å². The Hall–Kier alpha value is -2.41. The quantitative estimate of drug-likeness (QED) is 0.792. The van der Waals surface area contributed by atoms with Crippen LogP contribution in [0.5, 0.6) is 5.75 Å². The summed E-state index contributed by atoms with van der Waals surface area (Å²) in [4.78, 5) is 16.7. The molecule has 0 unspecified atom stereocenters. The average Bonchev–Trinajstić information content (AvgIpc) is 2.94. The summed E-state index contributed by atoms with van der Waals surface area (Å²) in [5, 5.41) is 6.94. The lowest BCUT2D eigenvalue weighted by Crippen LogP contribution is -2.16. The zero-order valence-electron chi connectivity index (χ0n) is 10.7. The van der Waals surface area contributed by atoms with Crippen molar-refractivity contribution in [1.29, 1.82) is 0 Å². The summed E-state index contributed by atoms with van der Waals surface area (Å²) in [5.74, 6) is 0.732. The maximum absolute atomic E-state index is 11.8. The van der Waals surface area contributed by atoms with Crippen molar-refractivity contribution in [3.05, 3.63) is 51.9 Å². The van der Waals surface area contributed by atoms with Gasteiger partial charge in [-0.1, -0.05) is 11.3 Å². The second-order valence-electron chi connectivity index (χ2n) is 4.08. The highest BCUT2D eigenvalue weighted by molar-refractivity contribution is 7.14. The van der Waals surface area contributed by atoms with Gasteiger partial charge in [0.05, 0.1) is 5.69 Å². The van der Waals surface area contributed by atoms with Gasteiger partial charge in [-0.3, -0.25) is 4.79 Å². The Balaban J connectivity index is 1.77. The number of nitrogens with zero attached hydrogens (tertiary/aromatic N) is 3. The van der Waals surface area contributed by atoms with Gasteiger partial charge in [0, 0.05) is 18.8 Å². The summed E-state index contributed by atoms with van der Waals surface area (Å²) >= 11 is 1.32. The smallest absolute Gasteiger partial charge is 0.275 e. The molecule has 0 saturated carbocycles. The first-order valence-electron chi connectivity index (χ1n) is 5.99. The van der Waals surface area contributed by atoms with Crippen LogP contribution < -0.4 is 15.6 Å². The number of nitrogens with one attached hydrogen (secondary N) is 1. The van der Waals surface area contributed by atoms with Crippen LogP contribution in [0.3, 0.4) is 0 Å². The third-order valence-corrected chi connectivity index (χ3v) is 3.44. The Kier molecular flexibility index (Phi) is 3.34. The van der Waals surface area contributed by atoms with Gasteiger partial charge >= 0.3 is 0 Å². The summed E-state index contributed by atoms with van der Waals surface area (Å²) in [6.45, 7) is 0.253. The molecule has 0 saturated heterocycles. The van der Waals surface area contributed by atoms with E-state index in [4.69, 9.17) is 4.74 Å². The largest absolute Gasteiger partial charge is 0.487 e. The molecule has 20 heavy (non-hydrogen) atoms. The van der Waals surface area contributed by atoms with E-state index in [-0.39, 0.29) is 12.2 Å². The standard InChI is InChI=1S/C13H12N4O2S/c1-14-9-2-4-11(5-3-9)19-7-10-6-12(18)17-13(16-10)20-8-15-17/h2-6,8,14H,7H2,1H3. The molecule has 3 aromatic rings. The van der Waals surface area contributed by atoms with Crippen LogP contribution in [-0.4, -0.2) is 21.6 Å². The van der Waals surface area contributed by atoms with Gasteiger partial charge in [-0.2, -0.15) is 9.61 Å². The van der Waals surface area contributed by atoms with Gasteiger partial charge in [0.15, 0.2) is 0 Å². The van der Waals surface area contributed by atoms with Crippen molar-refractivity contribution in [3.8, 4) is 5.75 Å². The molecule has 0 fully saturated rings. The van der Waals surface area contributed by atoms with Crippen molar-refractivity contribution in [2.24, 2.45) is 0 Å². The Morgan fingerprint density at radius 1 is 1.35 bits per heavy atom. The predicted molar refractivity (Wildman–Crippen MR) is 77.5 cm³/mol. The SMILES string of the molecule is CNc1ccc(OCc2cc(=O)n3ncsc3n2)cc1. The Labute approximate surface area is 118 Å². The van der Waals surface area contributed by atoms with Crippen LogP contribution in [0.25, 0.3) is 4.96 Å². The fourth-order valence-corrected chi connectivity index (χ4v) is 2.39. The van der Waals surface area contributed by atoms with E-state index in [0.717, 1.165) is 11.4 Å². The number of hydrogen-bond donors (Lipinski definition) is 1. The molecule has 0 radical (unpaired) electrons. The fraction of sp³-hybridized carbons (Fsp3) is 0.154. The van der Waals surface area contributed by atoms with E-state index in [9.17, 15) is 4.79 Å². The average molecular weight is 288 g/mol. The number of fused-ring (bicyclic) bond motifs is 1. The van der Waals surface area contributed by atoms with Crippen LogP contribution in [0.2, 0.25) is 0 Å². The van der Waals surface area contributed by atoms with Crippen molar-refractivity contribution < 1.29 is 4.74 Å². The summed E-state index contributed by atoms with van der Waals surface area (Å²) in [6.07, 6.45) is 0. The molecule has 6 nitrogen and oxygen atoms in total. The van der Waals surface area contributed by atoms with Gasteiger partial charge in [-0.25, -0.2) is 4.98 Å². The number of hydrogen-bond acceptors (Lipinski definition) is 6. The van der Waals surface area contributed by atoms with Gasteiger partial charge in [-0.05, 0) is 24.3 Å². The highest BCUT2D eigenvalue weighted by atomic mass is 32.1. The number of rotatable bonds is 4. The van der Waals surface area contributed by atoms with Gasteiger partial charge in [0.2, 0.25) is 4.96 Å². The van der Waals surface area contributed by atoms with Crippen LogP contribution in [-0.2, 0) is 6.61 Å². The topological polar surface area (TPSA) is 68.5 Å². The molecule has 0 amide bonds. The molecule has 0 spiro atoms. The third kappa shape index (κ3) is 2.48. The maximum Gasteiger partial charge on any atom is 0.275 e. The molecular weight excluding hydrogens is 276 g/mol. The van der Waals surface area contributed by atoms with Crippen molar-refractivity contribution in [3.63, 3.8) is 0 Å². The Morgan fingerprint density at radius 2 is 2.15 bits per heavy atom. The van der Waals surface area contributed by atoms with E-state index < -0.39 is 0 Å². The second kappa shape index (κ2) is 5.30. The van der Waals surface area contributed by atoms with Crippen molar-refractivity contribution in [1.82, 2.24) is 14.6 Å². The van der Waals surface area contributed by atoms with Gasteiger partial charge in [0.1, 0.15) is 17.9 Å². The molecule has 3 rings (SSSR count). The predicted octanol–water partition coefficient (Wildman–Crippen LogP) is 1.77. The molecular formula is C13H12N4O2S. The lowest BCUT2D eigenvalue weighted by atomic mass is 10.3. The van der Waals surface area contributed by atoms with Crippen LogP contribution in [0.15, 0.2) is 40.6 Å². The first-order chi connectivity index (χ1) is 9.76. The maximum atomic E-state index is 11.8. The lowest BCUT2D eigenvalue weighted by molar-refractivity contribution is 0.301. The molecule has 0 aliphatic carbocycles. The summed E-state index contributed by atoms with van der Waals surface area (Å²) in [5.41, 5.74) is 3.00. The van der Waals surface area contributed by atoms with E-state index in [2.05, 4.69) is 15.4 Å². The molecule has 1 aromatic carbocycles. The minimum Gasteiger partial charge on any atom is -0.487 e. The Morgan fingerprint density at radius 3 is 2.90 bits per heavy atom. The van der Waals surface area contributed by atoms with E-state index >= 15 is 0 Å². The molecule has 7 heteroatoms. The molecule has 102 valence electrons. The molecule has 0 bridgehead atoms. The van der Waals surface area contributed by atoms with E-state index in [1.54, 1.807) is 5.51 Å². The minimum absolute atomic E-state index is 0.194. The number of benzene rings is 1. The van der Waals surface area contributed by atoms with Crippen molar-refractivity contribution in [2.75, 3.05) is 12.4 Å². The first kappa shape index (κ1) is 12.6. The van der Waals surface area contributed by atoms with Crippen molar-refractivity contribution in [2.45, 2.75) is 6.61 Å². The normalized spacial score (nSPS) is 10.7. The highest BCUT2D eigenvalue weighted by Gasteiger charge is 2.05. The molecule has 1 N–H and O–H groups in total. The third-order valence-electron chi connectivity index (χ3n) is 2.77. The van der Waals surface area contributed by atoms with E-state index in [1.165, 1.54) is 21.9 Å². The van der Waals surface area contributed by atoms with Crippen molar-refractivity contribution >= 4 is 22.0 Å². The zero-order valence-corrected chi connectivity index (χ0v) is 11.6. The summed E-state index contributed by atoms with van der Waals surface area (Å²) in [6, 6.07) is 9.01. The summed E-state index contributed by atoms with van der Waals surface area (Å²) in [7, 11) is 1.86. The first-order valence-corrected chi connectivity index (χ1v) is 6.87. The number of aromatic nitrogens is 3. The van der Waals surface area contributed by atoms with Crippen LogP contribution in [0, 0.1) is 0 Å². The minimum atomic E-state index is -0.194. The van der Waals surface area contributed by atoms with E-state index in [0.29, 0.717) is 10.7 Å². The molecule has 0 aliphatic heterocycles. The van der Waals surface area contributed by atoms with Gasteiger partial charge < -0.3 is 10.1 Å². The second-order valence-corrected chi connectivity index (χ2v) is 4.89. The zero-order chi connectivity index (χ0) is 13.9. The molecule has 2 heterocycles. The highest BCUT2D eigenvalue weighted by Crippen LogP contribution is 2.16. The summed E-state index contributed by atoms with van der Waals surface area (Å²) < 4.78 is 6.89. The van der Waals surface area contributed by atoms with E-state index in [1.807, 2.05) is 31.3 Å². The lowest BCUT2D eigenvalue weighted by Gasteiger charge is -2.06. The Bertz CT molecular complexity index is 779. The molecule has 0 aliphatic rings. The molecule has 0 atom stereocenters. The fourth-order valence-electron chi connectivity index (χ4n) is 1.75. The van der Waals surface area contributed by atoms with Crippen LogP contribution >= 0.6 is 11.3 Å². The van der Waals surface area contributed by atoms with Gasteiger partial charge in [-0.15, -0.1) is 0 Å². The monoisotopic (exact) mass is 288 g/mol. The molecule has 2 aromatic heterocycles. The van der Waals surface area contributed by atoms with Crippen LogP contribution in [0.1, 0.15) is 5.69 Å². The number of anilines is 1.